The van der Waals surface area contributed by atoms with E-state index in [4.69, 9.17) is 5.14 Å². The molecule has 1 aromatic heterocycles. The highest BCUT2D eigenvalue weighted by atomic mass is 32.2. The number of aromatic nitrogens is 1. The van der Waals surface area contributed by atoms with Crippen molar-refractivity contribution in [3.05, 3.63) is 46.2 Å². The van der Waals surface area contributed by atoms with Gasteiger partial charge in [0.15, 0.2) is 0 Å². The fourth-order valence-electron chi connectivity index (χ4n) is 3.09. The Hall–Kier alpha value is -1.70. The fraction of sp³-hybridized carbons (Fsp3) is 0.400. The van der Waals surface area contributed by atoms with E-state index >= 15 is 0 Å². The largest absolute Gasteiger partial charge is 0.322 e. The average Bonchev–Trinajstić information content (AvgIpc) is 2.85. The molecule has 3 N–H and O–H groups in total. The summed E-state index contributed by atoms with van der Waals surface area (Å²) in [6, 6.07) is 9.37. The van der Waals surface area contributed by atoms with Crippen molar-refractivity contribution in [3.8, 4) is 0 Å². The van der Waals surface area contributed by atoms with Crippen LogP contribution in [0.2, 0.25) is 0 Å². The molecule has 6 nitrogen and oxygen atoms in total. The van der Waals surface area contributed by atoms with Gasteiger partial charge in [-0.1, -0.05) is 18.2 Å². The van der Waals surface area contributed by atoms with E-state index in [-0.39, 0.29) is 17.4 Å². The van der Waals surface area contributed by atoms with Gasteiger partial charge < -0.3 is 4.98 Å². The predicted molar refractivity (Wildman–Crippen MR) is 86.0 cm³/mol. The Morgan fingerprint density at radius 1 is 1.32 bits per heavy atom. The summed E-state index contributed by atoms with van der Waals surface area (Å²) >= 11 is 0. The molecule has 22 heavy (non-hydrogen) atoms. The molecule has 7 heteroatoms. The summed E-state index contributed by atoms with van der Waals surface area (Å²) in [6.07, 6.45) is 1.72. The molecule has 1 aliphatic rings. The van der Waals surface area contributed by atoms with Crippen LogP contribution in [0.25, 0.3) is 10.9 Å². The smallest absolute Gasteiger partial charge is 0.252 e. The molecule has 0 aliphatic carbocycles. The normalized spacial score (nSPS) is 19.8. The van der Waals surface area contributed by atoms with Gasteiger partial charge in [-0.05, 0) is 36.9 Å². The van der Waals surface area contributed by atoms with Gasteiger partial charge in [-0.25, -0.2) is 13.6 Å². The van der Waals surface area contributed by atoms with Crippen molar-refractivity contribution in [2.75, 3.05) is 12.3 Å². The van der Waals surface area contributed by atoms with Gasteiger partial charge >= 0.3 is 0 Å². The molecule has 1 atom stereocenters. The van der Waals surface area contributed by atoms with Gasteiger partial charge in [0.1, 0.15) is 0 Å². The van der Waals surface area contributed by atoms with Crippen molar-refractivity contribution in [1.82, 2.24) is 9.88 Å². The number of H-pyrrole nitrogens is 1. The number of nitrogens with zero attached hydrogens (tertiary/aromatic N) is 1. The number of sulfonamides is 1. The molecule has 1 aliphatic heterocycles. The van der Waals surface area contributed by atoms with E-state index in [1.54, 1.807) is 0 Å². The van der Waals surface area contributed by atoms with Crippen LogP contribution in [-0.4, -0.2) is 36.6 Å². The molecule has 0 bridgehead atoms. The molecular weight excluding hydrogens is 302 g/mol. The number of nitrogens with one attached hydrogen (secondary N) is 1. The highest BCUT2D eigenvalue weighted by Gasteiger charge is 2.28. The second-order valence-electron chi connectivity index (χ2n) is 5.81. The van der Waals surface area contributed by atoms with Gasteiger partial charge in [0, 0.05) is 23.7 Å². The van der Waals surface area contributed by atoms with Crippen molar-refractivity contribution in [1.29, 1.82) is 0 Å². The third-order valence-electron chi connectivity index (χ3n) is 4.13. The van der Waals surface area contributed by atoms with Crippen molar-refractivity contribution in [2.24, 2.45) is 5.14 Å². The second-order valence-corrected chi connectivity index (χ2v) is 7.47. The Kier molecular flexibility index (Phi) is 4.03. The van der Waals surface area contributed by atoms with Gasteiger partial charge in [0.2, 0.25) is 10.0 Å². The number of hydrogen-bond acceptors (Lipinski definition) is 4. The van der Waals surface area contributed by atoms with Crippen molar-refractivity contribution in [3.63, 3.8) is 0 Å². The predicted octanol–water partition coefficient (Wildman–Crippen LogP) is 0.781. The molecule has 118 valence electrons. The zero-order chi connectivity index (χ0) is 15.7. The lowest BCUT2D eigenvalue weighted by molar-refractivity contribution is 0.261. The minimum atomic E-state index is -3.51. The van der Waals surface area contributed by atoms with E-state index in [1.165, 1.54) is 0 Å². The first-order valence-electron chi connectivity index (χ1n) is 7.28. The molecule has 2 aromatic rings. The molecule has 0 saturated carbocycles. The fourth-order valence-corrected chi connectivity index (χ4v) is 4.00. The maximum absolute atomic E-state index is 12.2. The minimum absolute atomic E-state index is 0.0571. The number of hydrogen-bond donors (Lipinski definition) is 2. The van der Waals surface area contributed by atoms with Gasteiger partial charge in [-0.3, -0.25) is 9.69 Å². The number of likely N-dealkylation sites (tertiary alicyclic amines) is 1. The van der Waals surface area contributed by atoms with Crippen LogP contribution in [0.5, 0.6) is 0 Å². The van der Waals surface area contributed by atoms with E-state index in [1.807, 2.05) is 35.2 Å². The van der Waals surface area contributed by atoms with Gasteiger partial charge in [0.25, 0.3) is 5.56 Å². The molecule has 1 saturated heterocycles. The standard InChI is InChI=1S/C15H19N3O3S/c16-22(20,21)10-13-5-3-7-18(13)9-12-8-11-4-1-2-6-14(11)17-15(12)19/h1-2,4,6,8,13H,3,5,7,9-10H2,(H,17,19)(H2,16,20,21)/t13-/m1/s1. The lowest BCUT2D eigenvalue weighted by Gasteiger charge is -2.23. The first-order chi connectivity index (χ1) is 10.4. The highest BCUT2D eigenvalue weighted by molar-refractivity contribution is 7.89. The quantitative estimate of drug-likeness (QED) is 0.870. The first-order valence-corrected chi connectivity index (χ1v) is 8.99. The summed E-state index contributed by atoms with van der Waals surface area (Å²) in [5, 5.41) is 6.12. The highest BCUT2D eigenvalue weighted by Crippen LogP contribution is 2.21. The number of para-hydroxylation sites is 1. The number of fused-ring (bicyclic) bond motifs is 1. The summed E-state index contributed by atoms with van der Waals surface area (Å²) in [5.41, 5.74) is 1.33. The topological polar surface area (TPSA) is 96.3 Å². The average molecular weight is 321 g/mol. The first kappa shape index (κ1) is 15.2. The number of aromatic amines is 1. The maximum atomic E-state index is 12.2. The van der Waals surface area contributed by atoms with Crippen molar-refractivity contribution < 1.29 is 8.42 Å². The van der Waals surface area contributed by atoms with Crippen LogP contribution >= 0.6 is 0 Å². The monoisotopic (exact) mass is 321 g/mol. The van der Waals surface area contributed by atoms with E-state index < -0.39 is 10.0 Å². The van der Waals surface area contributed by atoms with Crippen LogP contribution in [0.15, 0.2) is 35.1 Å². The minimum Gasteiger partial charge on any atom is -0.322 e. The molecule has 2 heterocycles. The van der Waals surface area contributed by atoms with Crippen LogP contribution in [0, 0.1) is 0 Å². The Balaban J connectivity index is 1.86. The van der Waals surface area contributed by atoms with Gasteiger partial charge in [0.05, 0.1) is 5.75 Å². The zero-order valence-corrected chi connectivity index (χ0v) is 13.0. The summed E-state index contributed by atoms with van der Waals surface area (Å²) in [5.74, 6) is -0.0571. The SMILES string of the molecule is NS(=O)(=O)C[C@H]1CCCN1Cc1cc2ccccc2[nH]c1=O. The van der Waals surface area contributed by atoms with E-state index in [9.17, 15) is 13.2 Å². The van der Waals surface area contributed by atoms with E-state index in [2.05, 4.69) is 4.98 Å². The zero-order valence-electron chi connectivity index (χ0n) is 12.2. The lowest BCUT2D eigenvalue weighted by Crippen LogP contribution is -2.38. The second kappa shape index (κ2) is 5.83. The molecule has 1 fully saturated rings. The van der Waals surface area contributed by atoms with Gasteiger partial charge in [-0.15, -0.1) is 0 Å². The Bertz CT molecular complexity index is 844. The number of primary sulfonamides is 1. The number of pyridine rings is 1. The molecule has 0 amide bonds. The molecule has 0 spiro atoms. The number of benzene rings is 1. The Morgan fingerprint density at radius 3 is 2.86 bits per heavy atom. The number of rotatable bonds is 4. The summed E-state index contributed by atoms with van der Waals surface area (Å²) in [7, 11) is -3.51. The van der Waals surface area contributed by atoms with Crippen molar-refractivity contribution >= 4 is 20.9 Å². The van der Waals surface area contributed by atoms with E-state index in [0.717, 1.165) is 30.3 Å². The number of nitrogens with two attached hydrogens (primary N) is 1. The van der Waals surface area contributed by atoms with Gasteiger partial charge in [-0.2, -0.15) is 0 Å². The third kappa shape index (κ3) is 3.37. The van der Waals surface area contributed by atoms with Crippen LogP contribution in [0.4, 0.5) is 0 Å². The molecule has 0 radical (unpaired) electrons. The summed E-state index contributed by atoms with van der Waals surface area (Å²) < 4.78 is 22.6. The maximum Gasteiger partial charge on any atom is 0.252 e. The Labute approximate surface area is 129 Å². The lowest BCUT2D eigenvalue weighted by atomic mass is 10.1. The van der Waals surface area contributed by atoms with Crippen LogP contribution in [-0.2, 0) is 16.6 Å². The van der Waals surface area contributed by atoms with Crippen molar-refractivity contribution in [2.45, 2.75) is 25.4 Å². The van der Waals surface area contributed by atoms with Crippen LogP contribution in [0.3, 0.4) is 0 Å². The Morgan fingerprint density at radius 2 is 2.09 bits per heavy atom. The molecular formula is C15H19N3O3S. The molecule has 0 unspecified atom stereocenters. The third-order valence-corrected chi connectivity index (χ3v) is 4.98. The summed E-state index contributed by atoms with van der Waals surface area (Å²) in [4.78, 5) is 17.1. The van der Waals surface area contributed by atoms with Crippen LogP contribution < -0.4 is 10.7 Å². The van der Waals surface area contributed by atoms with E-state index in [0.29, 0.717) is 12.1 Å². The molecule has 3 rings (SSSR count). The molecule has 1 aromatic carbocycles. The summed E-state index contributed by atoms with van der Waals surface area (Å²) in [6.45, 7) is 1.23. The van der Waals surface area contributed by atoms with Crippen LogP contribution in [0.1, 0.15) is 18.4 Å².